The highest BCUT2D eigenvalue weighted by Crippen LogP contribution is 2.29. The van der Waals surface area contributed by atoms with E-state index in [2.05, 4.69) is 34.6 Å². The minimum absolute atomic E-state index is 0.213. The summed E-state index contributed by atoms with van der Waals surface area (Å²) in [6, 6.07) is 18.0. The van der Waals surface area contributed by atoms with Gasteiger partial charge < -0.3 is 0 Å². The summed E-state index contributed by atoms with van der Waals surface area (Å²) in [4.78, 5) is 12.0. The van der Waals surface area contributed by atoms with Crippen molar-refractivity contribution < 1.29 is 4.79 Å². The Kier molecular flexibility index (Phi) is 5.98. The van der Waals surface area contributed by atoms with Gasteiger partial charge in [0.1, 0.15) is 0 Å². The van der Waals surface area contributed by atoms with Crippen LogP contribution in [-0.2, 0) is 10.5 Å². The number of benzene rings is 2. The van der Waals surface area contributed by atoms with Crippen LogP contribution in [0.4, 0.5) is 5.13 Å². The van der Waals surface area contributed by atoms with E-state index in [1.807, 2.05) is 42.5 Å². The number of hydrogen-bond acceptors (Lipinski definition) is 5. The molecule has 0 aliphatic heterocycles. The minimum Gasteiger partial charge on any atom is -0.297 e. The zero-order valence-electron chi connectivity index (χ0n) is 13.7. The van der Waals surface area contributed by atoms with E-state index < -0.39 is 0 Å². The smallest absolute Gasteiger partial charge is 0.250 e. The molecule has 0 atom stereocenters. The second-order valence-corrected chi connectivity index (χ2v) is 7.52. The molecule has 1 heterocycles. The van der Waals surface area contributed by atoms with Crippen LogP contribution < -0.4 is 5.32 Å². The summed E-state index contributed by atoms with van der Waals surface area (Å²) in [5.74, 6) is 0.624. The Balaban J connectivity index is 1.54. The molecule has 0 saturated heterocycles. The van der Waals surface area contributed by atoms with Crippen LogP contribution in [0.25, 0.3) is 6.08 Å². The molecule has 4 nitrogen and oxygen atoms in total. The van der Waals surface area contributed by atoms with Gasteiger partial charge in [-0.1, -0.05) is 77.7 Å². The largest absolute Gasteiger partial charge is 0.297 e. The van der Waals surface area contributed by atoms with E-state index in [9.17, 15) is 4.79 Å². The van der Waals surface area contributed by atoms with Gasteiger partial charge in [-0.2, -0.15) is 0 Å². The molecule has 1 aromatic heterocycles. The number of rotatable bonds is 6. The van der Waals surface area contributed by atoms with E-state index in [0.29, 0.717) is 5.13 Å². The number of aromatic nitrogens is 2. The van der Waals surface area contributed by atoms with Crippen LogP contribution in [0.15, 0.2) is 65.0 Å². The van der Waals surface area contributed by atoms with Crippen molar-refractivity contribution in [2.75, 3.05) is 5.32 Å². The number of anilines is 1. The van der Waals surface area contributed by atoms with Crippen molar-refractivity contribution in [2.45, 2.75) is 17.0 Å². The standard InChI is InChI=1S/C19H17N3OS2/c1-14-7-5-6-10-16(14)13-24-19-22-21-18(25-19)20-17(23)12-11-15-8-3-2-4-9-15/h2-12H,13H2,1H3,(H,20,21,23)/b12-11+. The number of hydrogen-bond donors (Lipinski definition) is 1. The van der Waals surface area contributed by atoms with Gasteiger partial charge in [0.25, 0.3) is 0 Å². The SMILES string of the molecule is Cc1ccccc1CSc1nnc(NC(=O)/C=C/c2ccccc2)s1. The molecule has 0 unspecified atom stereocenters. The van der Waals surface area contributed by atoms with Gasteiger partial charge in [0.2, 0.25) is 11.0 Å². The normalized spacial score (nSPS) is 10.9. The van der Waals surface area contributed by atoms with Gasteiger partial charge >= 0.3 is 0 Å². The van der Waals surface area contributed by atoms with E-state index in [1.165, 1.54) is 28.5 Å². The maximum atomic E-state index is 12.0. The fourth-order valence-corrected chi connectivity index (χ4v) is 3.94. The van der Waals surface area contributed by atoms with E-state index in [0.717, 1.165) is 15.7 Å². The van der Waals surface area contributed by atoms with Crippen molar-refractivity contribution in [3.05, 3.63) is 77.4 Å². The van der Waals surface area contributed by atoms with Gasteiger partial charge in [-0.15, -0.1) is 10.2 Å². The van der Waals surface area contributed by atoms with E-state index in [-0.39, 0.29) is 5.91 Å². The zero-order chi connectivity index (χ0) is 17.5. The summed E-state index contributed by atoms with van der Waals surface area (Å²) < 4.78 is 0.839. The number of carbonyl (C=O) groups excluding carboxylic acids is 1. The number of amides is 1. The third kappa shape index (κ3) is 5.27. The summed E-state index contributed by atoms with van der Waals surface area (Å²) in [5, 5.41) is 11.4. The van der Waals surface area contributed by atoms with Crippen LogP contribution in [0.1, 0.15) is 16.7 Å². The Hall–Kier alpha value is -2.44. The first-order chi connectivity index (χ1) is 12.2. The Morgan fingerprint density at radius 1 is 1.12 bits per heavy atom. The zero-order valence-corrected chi connectivity index (χ0v) is 15.3. The van der Waals surface area contributed by atoms with E-state index >= 15 is 0 Å². The molecular weight excluding hydrogens is 350 g/mol. The molecule has 2 aromatic carbocycles. The lowest BCUT2D eigenvalue weighted by molar-refractivity contribution is -0.111. The van der Waals surface area contributed by atoms with Crippen molar-refractivity contribution in [1.82, 2.24) is 10.2 Å². The molecule has 3 aromatic rings. The average Bonchev–Trinajstić information content (AvgIpc) is 3.07. The molecular formula is C19H17N3OS2. The number of nitrogens with zero attached hydrogens (tertiary/aromatic N) is 2. The maximum absolute atomic E-state index is 12.0. The first-order valence-corrected chi connectivity index (χ1v) is 9.56. The lowest BCUT2D eigenvalue weighted by Gasteiger charge is -2.02. The van der Waals surface area contributed by atoms with Gasteiger partial charge in [-0.05, 0) is 29.7 Å². The van der Waals surface area contributed by atoms with Crippen LogP contribution in [-0.4, -0.2) is 16.1 Å². The fourth-order valence-electron chi connectivity index (χ4n) is 2.11. The molecule has 0 fully saturated rings. The topological polar surface area (TPSA) is 54.9 Å². The second kappa shape index (κ2) is 8.60. The third-order valence-electron chi connectivity index (χ3n) is 3.48. The van der Waals surface area contributed by atoms with E-state index in [4.69, 9.17) is 0 Å². The van der Waals surface area contributed by atoms with E-state index in [1.54, 1.807) is 17.8 Å². The lowest BCUT2D eigenvalue weighted by Crippen LogP contribution is -2.07. The molecule has 0 aliphatic carbocycles. The van der Waals surface area contributed by atoms with Crippen molar-refractivity contribution >= 4 is 40.2 Å². The van der Waals surface area contributed by atoms with Crippen molar-refractivity contribution in [3.63, 3.8) is 0 Å². The third-order valence-corrected chi connectivity index (χ3v) is 5.50. The monoisotopic (exact) mass is 367 g/mol. The molecule has 0 aliphatic rings. The molecule has 0 saturated carbocycles. The second-order valence-electron chi connectivity index (χ2n) is 5.32. The minimum atomic E-state index is -0.213. The molecule has 3 rings (SSSR count). The van der Waals surface area contributed by atoms with Crippen molar-refractivity contribution in [2.24, 2.45) is 0 Å². The van der Waals surface area contributed by atoms with Crippen LogP contribution in [0.3, 0.4) is 0 Å². The molecule has 25 heavy (non-hydrogen) atoms. The Morgan fingerprint density at radius 2 is 1.88 bits per heavy atom. The van der Waals surface area contributed by atoms with Crippen LogP contribution in [0.2, 0.25) is 0 Å². The molecule has 0 radical (unpaired) electrons. The van der Waals surface area contributed by atoms with Gasteiger partial charge in [0, 0.05) is 11.8 Å². The maximum Gasteiger partial charge on any atom is 0.250 e. The fraction of sp³-hybridized carbons (Fsp3) is 0.105. The van der Waals surface area contributed by atoms with Crippen LogP contribution >= 0.6 is 23.1 Å². The number of thioether (sulfide) groups is 1. The van der Waals surface area contributed by atoms with Crippen molar-refractivity contribution in [3.8, 4) is 0 Å². The molecule has 6 heteroatoms. The van der Waals surface area contributed by atoms with Gasteiger partial charge in [-0.3, -0.25) is 10.1 Å². The highest BCUT2D eigenvalue weighted by atomic mass is 32.2. The van der Waals surface area contributed by atoms with Gasteiger partial charge in [0.05, 0.1) is 0 Å². The molecule has 1 amide bonds. The predicted octanol–water partition coefficient (Wildman–Crippen LogP) is 4.79. The molecule has 126 valence electrons. The summed E-state index contributed by atoms with van der Waals surface area (Å²) in [5.41, 5.74) is 3.52. The predicted molar refractivity (Wildman–Crippen MR) is 105 cm³/mol. The summed E-state index contributed by atoms with van der Waals surface area (Å²) >= 11 is 3.00. The summed E-state index contributed by atoms with van der Waals surface area (Å²) in [6.07, 6.45) is 3.26. The number of nitrogens with one attached hydrogen (secondary N) is 1. The summed E-state index contributed by atoms with van der Waals surface area (Å²) in [6.45, 7) is 2.10. The Morgan fingerprint density at radius 3 is 2.68 bits per heavy atom. The van der Waals surface area contributed by atoms with Crippen LogP contribution in [0, 0.1) is 6.92 Å². The highest BCUT2D eigenvalue weighted by molar-refractivity contribution is 8.00. The first-order valence-electron chi connectivity index (χ1n) is 7.75. The number of carbonyl (C=O) groups is 1. The lowest BCUT2D eigenvalue weighted by atomic mass is 10.1. The summed E-state index contributed by atoms with van der Waals surface area (Å²) in [7, 11) is 0. The number of aryl methyl sites for hydroxylation is 1. The Bertz CT molecular complexity index is 875. The van der Waals surface area contributed by atoms with Gasteiger partial charge in [-0.25, -0.2) is 0 Å². The Labute approximate surface area is 155 Å². The highest BCUT2D eigenvalue weighted by Gasteiger charge is 2.08. The average molecular weight is 367 g/mol. The van der Waals surface area contributed by atoms with Gasteiger partial charge in [0.15, 0.2) is 4.34 Å². The first kappa shape index (κ1) is 17.4. The molecule has 0 bridgehead atoms. The molecule has 1 N–H and O–H groups in total. The molecule has 0 spiro atoms. The quantitative estimate of drug-likeness (QED) is 0.387. The van der Waals surface area contributed by atoms with Crippen LogP contribution in [0.5, 0.6) is 0 Å². The van der Waals surface area contributed by atoms with Crippen molar-refractivity contribution in [1.29, 1.82) is 0 Å².